The summed E-state index contributed by atoms with van der Waals surface area (Å²) in [5.41, 5.74) is 6.87. The summed E-state index contributed by atoms with van der Waals surface area (Å²) in [6.45, 7) is 1.98. The second-order valence-corrected chi connectivity index (χ2v) is 5.40. The van der Waals surface area contributed by atoms with E-state index >= 15 is 0 Å². The summed E-state index contributed by atoms with van der Waals surface area (Å²) < 4.78 is 6.90. The third kappa shape index (κ3) is 3.68. The summed E-state index contributed by atoms with van der Waals surface area (Å²) in [5.74, 6) is 1.59. The Kier molecular flexibility index (Phi) is 4.54. The minimum atomic E-state index is 0.124. The molecule has 3 nitrogen and oxygen atoms in total. The summed E-state index contributed by atoms with van der Waals surface area (Å²) in [5, 5.41) is 0. The van der Waals surface area contributed by atoms with Crippen LogP contribution in [0.2, 0.25) is 0 Å². The second-order valence-electron chi connectivity index (χ2n) is 4.24. The van der Waals surface area contributed by atoms with Crippen molar-refractivity contribution in [2.45, 2.75) is 19.4 Å². The van der Waals surface area contributed by atoms with E-state index in [1.807, 2.05) is 43.5 Å². The Balaban J connectivity index is 2.17. The Bertz CT molecular complexity index is 529. The monoisotopic (exact) mass is 354 g/mol. The third-order valence-corrected chi connectivity index (χ3v) is 3.28. The molecule has 0 saturated heterocycles. The quantitative estimate of drug-likeness (QED) is 0.857. The van der Waals surface area contributed by atoms with Crippen LogP contribution >= 0.6 is 22.6 Å². The summed E-state index contributed by atoms with van der Waals surface area (Å²) >= 11 is 2.25. The lowest BCUT2D eigenvalue weighted by atomic mass is 10.1. The number of nitrogens with two attached hydrogens (primary N) is 1. The van der Waals surface area contributed by atoms with Crippen molar-refractivity contribution in [1.29, 1.82) is 0 Å². The molecule has 2 rings (SSSR count). The van der Waals surface area contributed by atoms with E-state index in [1.54, 1.807) is 6.20 Å². The van der Waals surface area contributed by atoms with Crippen LogP contribution in [0.3, 0.4) is 0 Å². The molecule has 1 heterocycles. The van der Waals surface area contributed by atoms with E-state index in [9.17, 15) is 0 Å². The van der Waals surface area contributed by atoms with Gasteiger partial charge < -0.3 is 10.5 Å². The van der Waals surface area contributed by atoms with Gasteiger partial charge in [-0.25, -0.2) is 0 Å². The van der Waals surface area contributed by atoms with Gasteiger partial charge in [0.2, 0.25) is 0 Å². The molecule has 1 atom stereocenters. The lowest BCUT2D eigenvalue weighted by molar-refractivity contribution is 0.476. The number of para-hydroxylation sites is 1. The van der Waals surface area contributed by atoms with Crippen molar-refractivity contribution in [3.63, 3.8) is 0 Å². The van der Waals surface area contributed by atoms with Gasteiger partial charge in [-0.1, -0.05) is 12.1 Å². The van der Waals surface area contributed by atoms with Gasteiger partial charge in [0, 0.05) is 12.2 Å². The number of pyridine rings is 1. The van der Waals surface area contributed by atoms with E-state index in [0.717, 1.165) is 27.1 Å². The Labute approximate surface area is 121 Å². The molecule has 2 N–H and O–H groups in total. The van der Waals surface area contributed by atoms with E-state index in [2.05, 4.69) is 27.6 Å². The van der Waals surface area contributed by atoms with Crippen molar-refractivity contribution in [3.05, 3.63) is 51.9 Å². The fraction of sp³-hybridized carbons (Fsp3) is 0.214. The lowest BCUT2D eigenvalue weighted by Crippen LogP contribution is -2.17. The minimum Gasteiger partial charge on any atom is -0.455 e. The number of nitrogens with zero attached hydrogens (tertiary/aromatic N) is 1. The molecule has 4 heteroatoms. The lowest BCUT2D eigenvalue weighted by Gasteiger charge is -2.09. The van der Waals surface area contributed by atoms with Crippen LogP contribution < -0.4 is 10.5 Å². The van der Waals surface area contributed by atoms with E-state index in [-0.39, 0.29) is 6.04 Å². The number of hydrogen-bond donors (Lipinski definition) is 1. The van der Waals surface area contributed by atoms with Crippen LogP contribution in [0, 0.1) is 3.57 Å². The van der Waals surface area contributed by atoms with Gasteiger partial charge in [-0.2, -0.15) is 0 Å². The van der Waals surface area contributed by atoms with Crippen molar-refractivity contribution < 1.29 is 4.74 Å². The first-order chi connectivity index (χ1) is 8.65. The molecule has 0 aliphatic rings. The minimum absolute atomic E-state index is 0.124. The number of hydrogen-bond acceptors (Lipinski definition) is 3. The zero-order valence-electron chi connectivity index (χ0n) is 10.1. The maximum absolute atomic E-state index is 5.82. The zero-order valence-corrected chi connectivity index (χ0v) is 12.3. The number of aromatic nitrogens is 1. The molecule has 1 aromatic carbocycles. The van der Waals surface area contributed by atoms with Gasteiger partial charge in [-0.15, -0.1) is 0 Å². The number of halogens is 1. The fourth-order valence-electron chi connectivity index (χ4n) is 1.66. The fourth-order valence-corrected chi connectivity index (χ4v) is 2.15. The topological polar surface area (TPSA) is 48.1 Å². The molecule has 0 amide bonds. The van der Waals surface area contributed by atoms with Crippen LogP contribution in [0.15, 0.2) is 42.7 Å². The van der Waals surface area contributed by atoms with E-state index in [1.165, 1.54) is 0 Å². The molecular weight excluding hydrogens is 339 g/mol. The van der Waals surface area contributed by atoms with Gasteiger partial charge in [0.1, 0.15) is 11.5 Å². The van der Waals surface area contributed by atoms with Gasteiger partial charge in [0.25, 0.3) is 0 Å². The van der Waals surface area contributed by atoms with Crippen molar-refractivity contribution in [2.75, 3.05) is 0 Å². The highest BCUT2D eigenvalue weighted by Crippen LogP contribution is 2.26. The van der Waals surface area contributed by atoms with E-state index in [0.29, 0.717) is 0 Å². The second kappa shape index (κ2) is 6.15. The van der Waals surface area contributed by atoms with Crippen LogP contribution in [-0.4, -0.2) is 11.0 Å². The maximum atomic E-state index is 5.82. The highest BCUT2D eigenvalue weighted by molar-refractivity contribution is 14.1. The molecule has 0 bridgehead atoms. The highest BCUT2D eigenvalue weighted by atomic mass is 127. The number of rotatable bonds is 4. The summed E-state index contributed by atoms with van der Waals surface area (Å²) in [6.07, 6.45) is 4.34. The average molecular weight is 354 g/mol. The molecular formula is C14H15IN2O. The Morgan fingerprint density at radius 3 is 2.83 bits per heavy atom. The highest BCUT2D eigenvalue weighted by Gasteiger charge is 2.04. The van der Waals surface area contributed by atoms with Crippen LogP contribution in [-0.2, 0) is 6.42 Å². The maximum Gasteiger partial charge on any atom is 0.146 e. The molecule has 0 radical (unpaired) electrons. The Morgan fingerprint density at radius 2 is 2.11 bits per heavy atom. The number of ether oxygens (including phenoxy) is 1. The Hall–Kier alpha value is -1.14. The molecule has 18 heavy (non-hydrogen) atoms. The molecule has 1 aromatic heterocycles. The molecule has 2 aromatic rings. The van der Waals surface area contributed by atoms with Gasteiger partial charge in [-0.3, -0.25) is 4.98 Å². The van der Waals surface area contributed by atoms with Crippen LogP contribution in [0.1, 0.15) is 12.5 Å². The van der Waals surface area contributed by atoms with Crippen molar-refractivity contribution in [3.8, 4) is 11.5 Å². The molecule has 0 aliphatic heterocycles. The van der Waals surface area contributed by atoms with Crippen molar-refractivity contribution >= 4 is 22.6 Å². The van der Waals surface area contributed by atoms with Crippen LogP contribution in [0.5, 0.6) is 11.5 Å². The van der Waals surface area contributed by atoms with Gasteiger partial charge in [0.05, 0.1) is 9.77 Å². The Morgan fingerprint density at radius 1 is 1.33 bits per heavy atom. The normalized spacial score (nSPS) is 12.2. The SMILES string of the molecule is CC(N)Cc1cncc(Oc2ccccc2I)c1. The van der Waals surface area contributed by atoms with Gasteiger partial charge >= 0.3 is 0 Å². The smallest absolute Gasteiger partial charge is 0.146 e. The molecule has 94 valence electrons. The summed E-state index contributed by atoms with van der Waals surface area (Å²) in [6, 6.07) is 10.0. The van der Waals surface area contributed by atoms with Crippen LogP contribution in [0.25, 0.3) is 0 Å². The largest absolute Gasteiger partial charge is 0.455 e. The van der Waals surface area contributed by atoms with Crippen molar-refractivity contribution in [2.24, 2.45) is 5.73 Å². The van der Waals surface area contributed by atoms with E-state index < -0.39 is 0 Å². The van der Waals surface area contributed by atoms with Gasteiger partial charge in [-0.05, 0) is 59.7 Å². The first-order valence-corrected chi connectivity index (χ1v) is 6.85. The summed E-state index contributed by atoms with van der Waals surface area (Å²) in [7, 11) is 0. The first-order valence-electron chi connectivity index (χ1n) is 5.77. The molecule has 0 saturated carbocycles. The summed E-state index contributed by atoms with van der Waals surface area (Å²) in [4.78, 5) is 4.18. The molecule has 0 spiro atoms. The molecule has 1 unspecified atom stereocenters. The molecule has 0 fully saturated rings. The zero-order chi connectivity index (χ0) is 13.0. The standard InChI is InChI=1S/C14H15IN2O/c1-10(16)6-11-7-12(9-17-8-11)18-14-5-3-2-4-13(14)15/h2-5,7-10H,6,16H2,1H3. The van der Waals surface area contributed by atoms with E-state index in [4.69, 9.17) is 10.5 Å². The van der Waals surface area contributed by atoms with Gasteiger partial charge in [0.15, 0.2) is 0 Å². The van der Waals surface area contributed by atoms with Crippen LogP contribution in [0.4, 0.5) is 0 Å². The average Bonchev–Trinajstić information content (AvgIpc) is 2.32. The third-order valence-electron chi connectivity index (χ3n) is 2.39. The molecule has 0 aliphatic carbocycles. The predicted octanol–water partition coefficient (Wildman–Crippen LogP) is 3.37. The number of benzene rings is 1. The first kappa shape index (κ1) is 13.3. The predicted molar refractivity (Wildman–Crippen MR) is 80.8 cm³/mol. The van der Waals surface area contributed by atoms with Crippen molar-refractivity contribution in [1.82, 2.24) is 4.98 Å².